The van der Waals surface area contributed by atoms with Crippen LogP contribution >= 0.6 is 0 Å². The van der Waals surface area contributed by atoms with Gasteiger partial charge in [-0.2, -0.15) is 0 Å². The molecule has 0 aliphatic rings. The third-order valence-electron chi connectivity index (χ3n) is 2.12. The van der Waals surface area contributed by atoms with Crippen molar-refractivity contribution < 1.29 is 14.5 Å². The van der Waals surface area contributed by atoms with E-state index < -0.39 is 16.6 Å². The van der Waals surface area contributed by atoms with Crippen molar-refractivity contribution in [2.45, 2.75) is 26.4 Å². The van der Waals surface area contributed by atoms with Gasteiger partial charge < -0.3 is 9.64 Å². The van der Waals surface area contributed by atoms with Crippen molar-refractivity contribution in [2.75, 3.05) is 24.3 Å². The summed E-state index contributed by atoms with van der Waals surface area (Å²) in [7, 11) is 3.43. The van der Waals surface area contributed by atoms with Crippen LogP contribution in [-0.4, -0.2) is 35.7 Å². The third-order valence-corrected chi connectivity index (χ3v) is 2.12. The van der Waals surface area contributed by atoms with E-state index in [1.165, 1.54) is 6.07 Å². The van der Waals surface area contributed by atoms with Gasteiger partial charge in [-0.3, -0.25) is 15.4 Å². The van der Waals surface area contributed by atoms with Gasteiger partial charge in [-0.1, -0.05) is 0 Å². The highest BCUT2D eigenvalue weighted by Gasteiger charge is 2.20. The van der Waals surface area contributed by atoms with Crippen LogP contribution in [0.4, 0.5) is 22.0 Å². The summed E-state index contributed by atoms with van der Waals surface area (Å²) in [6.07, 6.45) is 0.443. The average Bonchev–Trinajstić information content (AvgIpc) is 2.25. The normalized spacial score (nSPS) is 10.8. The van der Waals surface area contributed by atoms with Gasteiger partial charge in [0.2, 0.25) is 0 Å². The molecule has 0 aromatic carbocycles. The number of amides is 1. The Morgan fingerprint density at radius 3 is 2.50 bits per heavy atom. The first kappa shape index (κ1) is 15.7. The van der Waals surface area contributed by atoms with E-state index in [4.69, 9.17) is 4.74 Å². The fourth-order valence-corrected chi connectivity index (χ4v) is 1.41. The second-order valence-electron chi connectivity index (χ2n) is 5.34. The fourth-order valence-electron chi connectivity index (χ4n) is 1.41. The topological polar surface area (TPSA) is 97.6 Å². The quantitative estimate of drug-likeness (QED) is 0.675. The van der Waals surface area contributed by atoms with Crippen molar-refractivity contribution in [3.8, 4) is 0 Å². The number of carbonyl (C=O) groups is 1. The lowest BCUT2D eigenvalue weighted by Gasteiger charge is -2.21. The van der Waals surface area contributed by atoms with E-state index in [1.807, 2.05) is 0 Å². The van der Waals surface area contributed by atoms with E-state index in [9.17, 15) is 14.9 Å². The molecule has 0 radical (unpaired) electrons. The lowest BCUT2D eigenvalue weighted by Crippen LogP contribution is -2.28. The van der Waals surface area contributed by atoms with Crippen LogP contribution < -0.4 is 10.2 Å². The summed E-state index contributed by atoms with van der Waals surface area (Å²) in [5.74, 6) is 0.404. The van der Waals surface area contributed by atoms with Gasteiger partial charge in [-0.25, -0.2) is 9.78 Å². The second kappa shape index (κ2) is 5.72. The van der Waals surface area contributed by atoms with Crippen molar-refractivity contribution >= 4 is 23.3 Å². The SMILES string of the molecule is CN(C)c1ncc([N+](=O)[O-])cc1NC(=O)OC(C)(C)C. The summed E-state index contributed by atoms with van der Waals surface area (Å²) in [5.41, 5.74) is -0.642. The molecule has 0 fully saturated rings. The first-order valence-corrected chi connectivity index (χ1v) is 5.92. The van der Waals surface area contributed by atoms with E-state index in [0.717, 1.165) is 6.20 Å². The second-order valence-corrected chi connectivity index (χ2v) is 5.34. The Morgan fingerprint density at radius 2 is 2.05 bits per heavy atom. The number of nitro groups is 1. The zero-order valence-corrected chi connectivity index (χ0v) is 12.1. The number of rotatable bonds is 3. The smallest absolute Gasteiger partial charge is 0.412 e. The molecule has 1 rings (SSSR count). The minimum Gasteiger partial charge on any atom is -0.444 e. The lowest BCUT2D eigenvalue weighted by atomic mass is 10.2. The Bertz CT molecular complexity index is 523. The van der Waals surface area contributed by atoms with E-state index >= 15 is 0 Å². The molecule has 20 heavy (non-hydrogen) atoms. The van der Waals surface area contributed by atoms with Crippen molar-refractivity contribution in [1.29, 1.82) is 0 Å². The summed E-state index contributed by atoms with van der Waals surface area (Å²) >= 11 is 0. The Kier molecular flexibility index (Phi) is 4.49. The molecule has 0 aliphatic carbocycles. The molecule has 0 bridgehead atoms. The zero-order chi connectivity index (χ0) is 15.5. The average molecular weight is 282 g/mol. The molecule has 0 unspecified atom stereocenters. The maximum atomic E-state index is 11.7. The minimum atomic E-state index is -0.692. The number of hydrogen-bond acceptors (Lipinski definition) is 6. The summed E-state index contributed by atoms with van der Waals surface area (Å²) in [4.78, 5) is 27.5. The van der Waals surface area contributed by atoms with Crippen molar-refractivity contribution in [3.63, 3.8) is 0 Å². The summed E-state index contributed by atoms with van der Waals surface area (Å²) < 4.78 is 5.11. The van der Waals surface area contributed by atoms with Crippen LogP contribution in [0.25, 0.3) is 0 Å². The molecule has 8 nitrogen and oxygen atoms in total. The maximum absolute atomic E-state index is 11.7. The van der Waals surface area contributed by atoms with Gasteiger partial charge in [0.1, 0.15) is 11.8 Å². The van der Waals surface area contributed by atoms with Gasteiger partial charge in [0, 0.05) is 20.2 Å². The molecule has 8 heteroatoms. The largest absolute Gasteiger partial charge is 0.444 e. The molecule has 0 saturated carbocycles. The van der Waals surface area contributed by atoms with Crippen LogP contribution in [0.15, 0.2) is 12.3 Å². The first-order chi connectivity index (χ1) is 9.10. The molecule has 1 N–H and O–H groups in total. The van der Waals surface area contributed by atoms with Crippen LogP contribution in [0.1, 0.15) is 20.8 Å². The molecule has 0 atom stereocenters. The molecular weight excluding hydrogens is 264 g/mol. The zero-order valence-electron chi connectivity index (χ0n) is 12.1. The van der Waals surface area contributed by atoms with E-state index in [-0.39, 0.29) is 11.4 Å². The van der Waals surface area contributed by atoms with Crippen LogP contribution in [-0.2, 0) is 4.74 Å². The van der Waals surface area contributed by atoms with Gasteiger partial charge >= 0.3 is 6.09 Å². The van der Waals surface area contributed by atoms with Gasteiger partial charge in [0.15, 0.2) is 5.82 Å². The van der Waals surface area contributed by atoms with Crippen molar-refractivity contribution in [2.24, 2.45) is 0 Å². The predicted molar refractivity (Wildman–Crippen MR) is 75.1 cm³/mol. The summed E-state index contributed by atoms with van der Waals surface area (Å²) in [5, 5.41) is 13.2. The van der Waals surface area contributed by atoms with Gasteiger partial charge in [0.05, 0.1) is 10.6 Å². The first-order valence-electron chi connectivity index (χ1n) is 5.92. The van der Waals surface area contributed by atoms with Crippen LogP contribution in [0.5, 0.6) is 0 Å². The molecule has 1 heterocycles. The molecule has 0 aliphatic heterocycles. The van der Waals surface area contributed by atoms with Crippen LogP contribution in [0.2, 0.25) is 0 Å². The molecule has 110 valence electrons. The summed E-state index contributed by atoms with van der Waals surface area (Å²) in [6.45, 7) is 5.18. The number of ether oxygens (including phenoxy) is 1. The number of carbonyl (C=O) groups excluding carboxylic acids is 1. The summed E-state index contributed by atoms with van der Waals surface area (Å²) in [6, 6.07) is 1.24. The number of pyridine rings is 1. The molecule has 1 aromatic rings. The number of aromatic nitrogens is 1. The van der Waals surface area contributed by atoms with Crippen molar-refractivity contribution in [1.82, 2.24) is 4.98 Å². The Balaban J connectivity index is 3.04. The number of nitrogens with zero attached hydrogens (tertiary/aromatic N) is 3. The molecule has 0 saturated heterocycles. The van der Waals surface area contributed by atoms with E-state index in [0.29, 0.717) is 5.82 Å². The van der Waals surface area contributed by atoms with Gasteiger partial charge in [-0.05, 0) is 20.8 Å². The Morgan fingerprint density at radius 1 is 1.45 bits per heavy atom. The van der Waals surface area contributed by atoms with Crippen LogP contribution in [0.3, 0.4) is 0 Å². The third kappa shape index (κ3) is 4.38. The van der Waals surface area contributed by atoms with E-state index in [1.54, 1.807) is 39.8 Å². The highest BCUT2D eigenvalue weighted by atomic mass is 16.6. The number of hydrogen-bond donors (Lipinski definition) is 1. The highest BCUT2D eigenvalue weighted by molar-refractivity contribution is 5.89. The molecule has 1 aromatic heterocycles. The standard InChI is InChI=1S/C12H18N4O4/c1-12(2,3)20-11(17)14-9-6-8(16(18)19)7-13-10(9)15(4)5/h6-7H,1-5H3,(H,14,17). The minimum absolute atomic E-state index is 0.207. The van der Waals surface area contributed by atoms with Gasteiger partial charge in [0.25, 0.3) is 5.69 Å². The fraction of sp³-hybridized carbons (Fsp3) is 0.500. The Labute approximate surface area is 116 Å². The number of anilines is 2. The molecule has 1 amide bonds. The molecular formula is C12H18N4O4. The lowest BCUT2D eigenvalue weighted by molar-refractivity contribution is -0.385. The predicted octanol–water partition coefficient (Wildman–Crippen LogP) is 2.40. The highest BCUT2D eigenvalue weighted by Crippen LogP contribution is 2.26. The monoisotopic (exact) mass is 282 g/mol. The van der Waals surface area contributed by atoms with Gasteiger partial charge in [-0.15, -0.1) is 0 Å². The maximum Gasteiger partial charge on any atom is 0.412 e. The van der Waals surface area contributed by atoms with E-state index in [2.05, 4.69) is 10.3 Å². The number of nitrogens with one attached hydrogen (secondary N) is 1. The van der Waals surface area contributed by atoms with Crippen LogP contribution in [0, 0.1) is 10.1 Å². The Hall–Kier alpha value is -2.38. The molecule has 0 spiro atoms. The van der Waals surface area contributed by atoms with Crippen molar-refractivity contribution in [3.05, 3.63) is 22.4 Å².